The molecule has 94 valence electrons. The number of anilines is 1. The number of unbranched alkanes of at least 4 members (excludes halogenated alkanes) is 1. The van der Waals surface area contributed by atoms with Crippen LogP contribution in [0.25, 0.3) is 0 Å². The lowest BCUT2D eigenvalue weighted by Crippen LogP contribution is -2.45. The Balaban J connectivity index is 1.81. The smallest absolute Gasteiger partial charge is 0.0559 e. The molecule has 1 aliphatic heterocycles. The molecule has 1 aromatic carbocycles. The number of rotatable bonds is 6. The zero-order valence-electron chi connectivity index (χ0n) is 11.0. The summed E-state index contributed by atoms with van der Waals surface area (Å²) in [6, 6.07) is 8.84. The van der Waals surface area contributed by atoms with Crippen molar-refractivity contribution in [3.05, 3.63) is 29.8 Å². The Kier molecular flexibility index (Phi) is 4.06. The lowest BCUT2D eigenvalue weighted by molar-refractivity contribution is -0.0924. The van der Waals surface area contributed by atoms with Gasteiger partial charge in [0.25, 0.3) is 0 Å². The van der Waals surface area contributed by atoms with E-state index in [-0.39, 0.29) is 0 Å². The molecule has 1 saturated heterocycles. The molecule has 1 fully saturated rings. The second kappa shape index (κ2) is 5.54. The van der Waals surface area contributed by atoms with E-state index in [1.54, 1.807) is 0 Å². The Bertz CT molecular complexity index is 340. The Morgan fingerprint density at radius 2 is 1.94 bits per heavy atom. The van der Waals surface area contributed by atoms with Gasteiger partial charge < -0.3 is 10.1 Å². The minimum Gasteiger partial charge on any atom is -0.384 e. The molecule has 0 spiro atoms. The topological polar surface area (TPSA) is 21.3 Å². The second-order valence-electron chi connectivity index (χ2n) is 5.46. The van der Waals surface area contributed by atoms with Crippen molar-refractivity contribution in [2.24, 2.45) is 5.41 Å². The average molecular weight is 233 g/mol. The number of benzene rings is 1. The van der Waals surface area contributed by atoms with E-state index < -0.39 is 0 Å². The summed E-state index contributed by atoms with van der Waals surface area (Å²) < 4.78 is 5.25. The van der Waals surface area contributed by atoms with Gasteiger partial charge in [-0.2, -0.15) is 0 Å². The second-order valence-corrected chi connectivity index (χ2v) is 5.46. The number of nitrogens with one attached hydrogen (secondary N) is 1. The van der Waals surface area contributed by atoms with E-state index in [0.717, 1.165) is 19.8 Å². The summed E-state index contributed by atoms with van der Waals surface area (Å²) in [6.07, 6.45) is 3.74. The lowest BCUT2D eigenvalue weighted by atomic mass is 9.88. The monoisotopic (exact) mass is 233 g/mol. The van der Waals surface area contributed by atoms with Gasteiger partial charge in [0.15, 0.2) is 0 Å². The van der Waals surface area contributed by atoms with Crippen LogP contribution in [0.2, 0.25) is 0 Å². The van der Waals surface area contributed by atoms with Gasteiger partial charge in [-0.25, -0.2) is 0 Å². The van der Waals surface area contributed by atoms with Crippen molar-refractivity contribution in [2.75, 3.05) is 25.1 Å². The molecule has 0 aromatic heterocycles. The predicted octanol–water partition coefficient (Wildman–Crippen LogP) is 3.48. The third-order valence-corrected chi connectivity index (χ3v) is 3.39. The van der Waals surface area contributed by atoms with Crippen LogP contribution in [0, 0.1) is 5.41 Å². The highest BCUT2D eigenvalue weighted by Crippen LogP contribution is 2.26. The number of hydrogen-bond donors (Lipinski definition) is 1. The standard InChI is InChI=1S/C15H23NO/c1-3-4-5-13-6-8-14(9-7-13)16-10-15(2)11-17-12-15/h6-9,16H,3-5,10-12H2,1-2H3. The van der Waals surface area contributed by atoms with Crippen LogP contribution in [0.15, 0.2) is 24.3 Å². The Hall–Kier alpha value is -1.02. The van der Waals surface area contributed by atoms with Crippen molar-refractivity contribution in [2.45, 2.75) is 33.1 Å². The largest absolute Gasteiger partial charge is 0.384 e. The molecule has 0 atom stereocenters. The molecular formula is C15H23NO. The SMILES string of the molecule is CCCCc1ccc(NCC2(C)COC2)cc1. The summed E-state index contributed by atoms with van der Waals surface area (Å²) in [5.74, 6) is 0. The lowest BCUT2D eigenvalue weighted by Gasteiger charge is -2.38. The zero-order chi connectivity index (χ0) is 12.1. The van der Waals surface area contributed by atoms with Crippen LogP contribution in [0.3, 0.4) is 0 Å². The van der Waals surface area contributed by atoms with E-state index >= 15 is 0 Å². The molecule has 2 nitrogen and oxygen atoms in total. The molecule has 2 rings (SSSR count). The van der Waals surface area contributed by atoms with Gasteiger partial charge in [0, 0.05) is 17.6 Å². The van der Waals surface area contributed by atoms with Gasteiger partial charge >= 0.3 is 0 Å². The van der Waals surface area contributed by atoms with Crippen LogP contribution in [0.5, 0.6) is 0 Å². The summed E-state index contributed by atoms with van der Waals surface area (Å²) in [4.78, 5) is 0. The Morgan fingerprint density at radius 3 is 2.47 bits per heavy atom. The van der Waals surface area contributed by atoms with Gasteiger partial charge in [0.1, 0.15) is 0 Å². The zero-order valence-corrected chi connectivity index (χ0v) is 11.0. The van der Waals surface area contributed by atoms with E-state index in [4.69, 9.17) is 4.74 Å². The molecule has 0 bridgehead atoms. The highest BCUT2D eigenvalue weighted by molar-refractivity contribution is 5.44. The first-order valence-electron chi connectivity index (χ1n) is 6.62. The summed E-state index contributed by atoms with van der Waals surface area (Å²) in [5.41, 5.74) is 3.00. The van der Waals surface area contributed by atoms with Gasteiger partial charge in [-0.05, 0) is 30.5 Å². The van der Waals surface area contributed by atoms with E-state index in [1.807, 2.05) is 0 Å². The number of ether oxygens (including phenoxy) is 1. The molecule has 1 aromatic rings. The fraction of sp³-hybridized carbons (Fsp3) is 0.600. The first-order valence-corrected chi connectivity index (χ1v) is 6.62. The molecule has 1 heterocycles. The molecule has 1 aliphatic rings. The highest BCUT2D eigenvalue weighted by atomic mass is 16.5. The molecule has 0 radical (unpaired) electrons. The third kappa shape index (κ3) is 3.47. The molecule has 0 saturated carbocycles. The van der Waals surface area contributed by atoms with Crippen molar-refractivity contribution in [1.29, 1.82) is 0 Å². The summed E-state index contributed by atoms with van der Waals surface area (Å²) in [7, 11) is 0. The molecular weight excluding hydrogens is 210 g/mol. The van der Waals surface area contributed by atoms with Crippen molar-refractivity contribution in [3.8, 4) is 0 Å². The van der Waals surface area contributed by atoms with E-state index in [2.05, 4.69) is 43.4 Å². The van der Waals surface area contributed by atoms with Crippen molar-refractivity contribution >= 4 is 5.69 Å². The van der Waals surface area contributed by atoms with Crippen molar-refractivity contribution in [3.63, 3.8) is 0 Å². The Morgan fingerprint density at radius 1 is 1.24 bits per heavy atom. The summed E-state index contributed by atoms with van der Waals surface area (Å²) >= 11 is 0. The van der Waals surface area contributed by atoms with E-state index in [0.29, 0.717) is 5.41 Å². The maximum atomic E-state index is 5.25. The minimum atomic E-state index is 0.334. The van der Waals surface area contributed by atoms with Gasteiger partial charge in [0.2, 0.25) is 0 Å². The van der Waals surface area contributed by atoms with Gasteiger partial charge in [-0.15, -0.1) is 0 Å². The summed E-state index contributed by atoms with van der Waals surface area (Å²) in [5, 5.41) is 3.49. The fourth-order valence-electron chi connectivity index (χ4n) is 2.04. The maximum absolute atomic E-state index is 5.25. The van der Waals surface area contributed by atoms with E-state index in [9.17, 15) is 0 Å². The first kappa shape index (κ1) is 12.4. The normalized spacial score (nSPS) is 17.5. The fourth-order valence-corrected chi connectivity index (χ4v) is 2.04. The van der Waals surface area contributed by atoms with Crippen LogP contribution in [0.4, 0.5) is 5.69 Å². The molecule has 2 heteroatoms. The molecule has 1 N–H and O–H groups in total. The molecule has 0 amide bonds. The third-order valence-electron chi connectivity index (χ3n) is 3.39. The van der Waals surface area contributed by atoms with E-state index in [1.165, 1.54) is 30.5 Å². The first-order chi connectivity index (χ1) is 8.22. The van der Waals surface area contributed by atoms with Gasteiger partial charge in [-0.3, -0.25) is 0 Å². The van der Waals surface area contributed by atoms with Gasteiger partial charge in [0.05, 0.1) is 13.2 Å². The quantitative estimate of drug-likeness (QED) is 0.812. The Labute approximate surface area is 104 Å². The minimum absolute atomic E-state index is 0.334. The number of aryl methyl sites for hydroxylation is 1. The van der Waals surface area contributed by atoms with Crippen LogP contribution < -0.4 is 5.32 Å². The van der Waals surface area contributed by atoms with Crippen molar-refractivity contribution < 1.29 is 4.74 Å². The van der Waals surface area contributed by atoms with Crippen LogP contribution in [-0.4, -0.2) is 19.8 Å². The predicted molar refractivity (Wildman–Crippen MR) is 72.5 cm³/mol. The van der Waals surface area contributed by atoms with Crippen LogP contribution in [-0.2, 0) is 11.2 Å². The maximum Gasteiger partial charge on any atom is 0.0559 e. The molecule has 0 unspecified atom stereocenters. The molecule has 17 heavy (non-hydrogen) atoms. The highest BCUT2D eigenvalue weighted by Gasteiger charge is 2.32. The average Bonchev–Trinajstić information content (AvgIpc) is 2.33. The van der Waals surface area contributed by atoms with Crippen molar-refractivity contribution in [1.82, 2.24) is 0 Å². The van der Waals surface area contributed by atoms with Crippen LogP contribution in [0.1, 0.15) is 32.3 Å². The summed E-state index contributed by atoms with van der Waals surface area (Å²) in [6.45, 7) is 7.26. The van der Waals surface area contributed by atoms with Gasteiger partial charge in [-0.1, -0.05) is 32.4 Å². The molecule has 0 aliphatic carbocycles. The number of hydrogen-bond acceptors (Lipinski definition) is 2. The van der Waals surface area contributed by atoms with Crippen LogP contribution >= 0.6 is 0 Å².